The molecule has 2 N–H and O–H groups in total. The van der Waals surface area contributed by atoms with E-state index in [0.29, 0.717) is 12.2 Å². The summed E-state index contributed by atoms with van der Waals surface area (Å²) in [4.78, 5) is 12.4. The largest absolute Gasteiger partial charge is 0.398 e. The Morgan fingerprint density at radius 1 is 1.05 bits per heavy atom. The Morgan fingerprint density at radius 2 is 1.85 bits per heavy atom. The Morgan fingerprint density at radius 3 is 2.70 bits per heavy atom. The third-order valence-corrected chi connectivity index (χ3v) is 4.30. The maximum absolute atomic E-state index is 12.4. The van der Waals surface area contributed by atoms with Crippen LogP contribution in [0.15, 0.2) is 64.0 Å². The van der Waals surface area contributed by atoms with Crippen LogP contribution in [0.1, 0.15) is 5.56 Å². The average Bonchev–Trinajstić information content (AvgIpc) is 2.47. The number of hydrogen-bond acceptors (Lipinski definition) is 2. The molecule has 0 aliphatic heterocycles. The van der Waals surface area contributed by atoms with Gasteiger partial charge in [-0.05, 0) is 45.1 Å². The van der Waals surface area contributed by atoms with E-state index in [2.05, 4.69) is 15.9 Å². The number of rotatable bonds is 2. The molecule has 1 heterocycles. The van der Waals surface area contributed by atoms with Crippen molar-refractivity contribution in [1.82, 2.24) is 4.57 Å². The van der Waals surface area contributed by atoms with Crippen molar-refractivity contribution < 1.29 is 0 Å². The van der Waals surface area contributed by atoms with E-state index in [9.17, 15) is 4.79 Å². The van der Waals surface area contributed by atoms with E-state index in [1.54, 1.807) is 4.57 Å². The van der Waals surface area contributed by atoms with Gasteiger partial charge in [-0.3, -0.25) is 4.79 Å². The SMILES string of the molecule is Nc1cccc(Cn2ccc3ccccc3c2=O)c1Br. The molecule has 2 aromatic carbocycles. The number of anilines is 1. The van der Waals surface area contributed by atoms with Gasteiger partial charge >= 0.3 is 0 Å². The van der Waals surface area contributed by atoms with Crippen LogP contribution in [0.3, 0.4) is 0 Å². The van der Waals surface area contributed by atoms with Crippen LogP contribution in [0.2, 0.25) is 0 Å². The molecule has 3 nitrogen and oxygen atoms in total. The van der Waals surface area contributed by atoms with Crippen LogP contribution in [0.4, 0.5) is 5.69 Å². The lowest BCUT2D eigenvalue weighted by molar-refractivity contribution is 0.766. The smallest absolute Gasteiger partial charge is 0.258 e. The van der Waals surface area contributed by atoms with Gasteiger partial charge in [0.15, 0.2) is 0 Å². The number of aromatic nitrogens is 1. The van der Waals surface area contributed by atoms with Gasteiger partial charge in [0.25, 0.3) is 5.56 Å². The van der Waals surface area contributed by atoms with E-state index in [1.807, 2.05) is 54.7 Å². The Labute approximate surface area is 124 Å². The minimum absolute atomic E-state index is 0.0115. The first-order chi connectivity index (χ1) is 9.66. The van der Waals surface area contributed by atoms with Gasteiger partial charge in [-0.1, -0.05) is 30.3 Å². The number of pyridine rings is 1. The lowest BCUT2D eigenvalue weighted by Gasteiger charge is -2.10. The van der Waals surface area contributed by atoms with Crippen molar-refractivity contribution in [2.24, 2.45) is 0 Å². The number of halogens is 1. The second-order valence-electron chi connectivity index (χ2n) is 4.66. The van der Waals surface area contributed by atoms with E-state index >= 15 is 0 Å². The topological polar surface area (TPSA) is 48.0 Å². The Balaban J connectivity index is 2.10. The molecule has 0 bridgehead atoms. The highest BCUT2D eigenvalue weighted by Crippen LogP contribution is 2.24. The number of hydrogen-bond donors (Lipinski definition) is 1. The van der Waals surface area contributed by atoms with Gasteiger partial charge in [-0.15, -0.1) is 0 Å². The number of benzene rings is 2. The Bertz CT molecular complexity index is 839. The lowest BCUT2D eigenvalue weighted by Crippen LogP contribution is -2.20. The molecular formula is C16H13BrN2O. The summed E-state index contributed by atoms with van der Waals surface area (Å²) in [5, 5.41) is 1.69. The minimum atomic E-state index is 0.0115. The molecule has 1 aromatic heterocycles. The standard InChI is InChI=1S/C16H13BrN2O/c17-15-12(5-3-7-14(15)18)10-19-9-8-11-4-1-2-6-13(11)16(19)20/h1-9H,10,18H2. The molecule has 20 heavy (non-hydrogen) atoms. The van der Waals surface area contributed by atoms with Crippen LogP contribution in [0.5, 0.6) is 0 Å². The summed E-state index contributed by atoms with van der Waals surface area (Å²) in [6.45, 7) is 0.495. The number of nitrogens with two attached hydrogens (primary N) is 1. The molecule has 0 spiro atoms. The molecule has 100 valence electrons. The second kappa shape index (κ2) is 5.13. The summed E-state index contributed by atoms with van der Waals surface area (Å²) >= 11 is 3.47. The van der Waals surface area contributed by atoms with Gasteiger partial charge < -0.3 is 10.3 Å². The van der Waals surface area contributed by atoms with Crippen LogP contribution in [-0.2, 0) is 6.54 Å². The monoisotopic (exact) mass is 328 g/mol. The maximum atomic E-state index is 12.4. The highest BCUT2D eigenvalue weighted by atomic mass is 79.9. The summed E-state index contributed by atoms with van der Waals surface area (Å²) in [6.07, 6.45) is 1.82. The van der Waals surface area contributed by atoms with Crippen molar-refractivity contribution in [3.8, 4) is 0 Å². The molecule has 0 amide bonds. The van der Waals surface area contributed by atoms with Crippen molar-refractivity contribution in [3.63, 3.8) is 0 Å². The molecule has 0 aliphatic rings. The van der Waals surface area contributed by atoms with Crippen molar-refractivity contribution in [2.45, 2.75) is 6.54 Å². The van der Waals surface area contributed by atoms with Crippen molar-refractivity contribution >= 4 is 32.4 Å². The van der Waals surface area contributed by atoms with Crippen LogP contribution in [0.25, 0.3) is 10.8 Å². The first-order valence-electron chi connectivity index (χ1n) is 6.28. The van der Waals surface area contributed by atoms with Gasteiger partial charge in [0.05, 0.1) is 6.54 Å². The highest BCUT2D eigenvalue weighted by molar-refractivity contribution is 9.10. The number of fused-ring (bicyclic) bond motifs is 1. The summed E-state index contributed by atoms with van der Waals surface area (Å²) in [5.41, 5.74) is 7.55. The van der Waals surface area contributed by atoms with E-state index in [1.165, 1.54) is 0 Å². The maximum Gasteiger partial charge on any atom is 0.258 e. The summed E-state index contributed by atoms with van der Waals surface area (Å²) in [5.74, 6) is 0. The van der Waals surface area contributed by atoms with Crippen LogP contribution < -0.4 is 11.3 Å². The molecule has 3 rings (SSSR count). The van der Waals surface area contributed by atoms with E-state index in [4.69, 9.17) is 5.73 Å². The number of nitrogens with zero attached hydrogens (tertiary/aromatic N) is 1. The first-order valence-corrected chi connectivity index (χ1v) is 7.07. The van der Waals surface area contributed by atoms with E-state index in [0.717, 1.165) is 20.8 Å². The number of nitrogen functional groups attached to an aromatic ring is 1. The van der Waals surface area contributed by atoms with Gasteiger partial charge in [0, 0.05) is 21.7 Å². The molecule has 0 fully saturated rings. The molecule has 3 aromatic rings. The highest BCUT2D eigenvalue weighted by Gasteiger charge is 2.06. The van der Waals surface area contributed by atoms with Crippen molar-refractivity contribution in [2.75, 3.05) is 5.73 Å². The quantitative estimate of drug-likeness (QED) is 0.733. The normalized spacial score (nSPS) is 10.8. The van der Waals surface area contributed by atoms with Gasteiger partial charge in [0.1, 0.15) is 0 Å². The summed E-state index contributed by atoms with van der Waals surface area (Å²) in [6, 6.07) is 15.2. The van der Waals surface area contributed by atoms with Gasteiger partial charge in [-0.2, -0.15) is 0 Å². The minimum Gasteiger partial charge on any atom is -0.398 e. The van der Waals surface area contributed by atoms with Gasteiger partial charge in [-0.25, -0.2) is 0 Å². The lowest BCUT2D eigenvalue weighted by atomic mass is 10.1. The zero-order valence-electron chi connectivity index (χ0n) is 10.7. The van der Waals surface area contributed by atoms with Crippen LogP contribution >= 0.6 is 15.9 Å². The van der Waals surface area contributed by atoms with E-state index in [-0.39, 0.29) is 5.56 Å². The zero-order chi connectivity index (χ0) is 14.1. The zero-order valence-corrected chi connectivity index (χ0v) is 12.3. The van der Waals surface area contributed by atoms with Crippen molar-refractivity contribution in [1.29, 1.82) is 0 Å². The molecule has 0 unspecified atom stereocenters. The first kappa shape index (κ1) is 12.9. The molecule has 0 radical (unpaired) electrons. The van der Waals surface area contributed by atoms with E-state index < -0.39 is 0 Å². The predicted molar refractivity (Wildman–Crippen MR) is 85.9 cm³/mol. The fourth-order valence-corrected chi connectivity index (χ4v) is 2.65. The molecule has 0 aliphatic carbocycles. The molecule has 0 atom stereocenters. The fourth-order valence-electron chi connectivity index (χ4n) is 2.26. The summed E-state index contributed by atoms with van der Waals surface area (Å²) < 4.78 is 2.54. The third kappa shape index (κ3) is 2.23. The molecule has 4 heteroatoms. The Hall–Kier alpha value is -2.07. The fraction of sp³-hybridized carbons (Fsp3) is 0.0625. The molecule has 0 saturated heterocycles. The van der Waals surface area contributed by atoms with Crippen LogP contribution in [0, 0.1) is 0 Å². The molecule has 0 saturated carbocycles. The van der Waals surface area contributed by atoms with Crippen LogP contribution in [-0.4, -0.2) is 4.57 Å². The van der Waals surface area contributed by atoms with Gasteiger partial charge in [0.2, 0.25) is 0 Å². The molecular weight excluding hydrogens is 316 g/mol. The summed E-state index contributed by atoms with van der Waals surface area (Å²) in [7, 11) is 0. The Kier molecular flexibility index (Phi) is 3.32. The third-order valence-electron chi connectivity index (χ3n) is 3.34. The average molecular weight is 329 g/mol. The second-order valence-corrected chi connectivity index (χ2v) is 5.45. The van der Waals surface area contributed by atoms with Crippen molar-refractivity contribution in [3.05, 3.63) is 75.1 Å². The predicted octanol–water partition coefficient (Wildman–Crippen LogP) is 3.39.